The third kappa shape index (κ3) is 2.28. The highest BCUT2D eigenvalue weighted by atomic mass is 32.1. The quantitative estimate of drug-likeness (QED) is 0.744. The summed E-state index contributed by atoms with van der Waals surface area (Å²) in [6.07, 6.45) is 0. The van der Waals surface area contributed by atoms with Crippen LogP contribution in [0.2, 0.25) is 0 Å². The van der Waals surface area contributed by atoms with Gasteiger partial charge < -0.3 is 9.80 Å². The molecule has 1 aliphatic rings. The number of carbonyl (C=O) groups excluding carboxylic acids is 1. The van der Waals surface area contributed by atoms with Crippen molar-refractivity contribution in [3.05, 3.63) is 21.4 Å². The second-order valence-corrected chi connectivity index (χ2v) is 5.88. The lowest BCUT2D eigenvalue weighted by Gasteiger charge is -2.32. The van der Waals surface area contributed by atoms with Crippen molar-refractivity contribution in [1.29, 1.82) is 0 Å². The van der Waals surface area contributed by atoms with Gasteiger partial charge in [0.05, 0.1) is 5.56 Å². The molecule has 0 unspecified atom stereocenters. The third-order valence-electron chi connectivity index (χ3n) is 3.06. The monoisotopic (exact) mass is 238 g/mol. The predicted molar refractivity (Wildman–Crippen MR) is 67.2 cm³/mol. The Bertz CT molecular complexity index is 392. The van der Waals surface area contributed by atoms with Gasteiger partial charge in [-0.25, -0.2) is 0 Å². The average molecular weight is 238 g/mol. The smallest absolute Gasteiger partial charge is 0.255 e. The summed E-state index contributed by atoms with van der Waals surface area (Å²) < 4.78 is 0. The molecule has 4 heteroatoms. The topological polar surface area (TPSA) is 23.6 Å². The maximum atomic E-state index is 12.3. The zero-order valence-electron chi connectivity index (χ0n) is 10.1. The Labute approximate surface area is 101 Å². The molecule has 1 saturated heterocycles. The zero-order chi connectivity index (χ0) is 11.7. The molecular formula is C12H18N2OS. The van der Waals surface area contributed by atoms with Gasteiger partial charge in [-0.2, -0.15) is 0 Å². The van der Waals surface area contributed by atoms with Crippen molar-refractivity contribution >= 4 is 17.2 Å². The number of aryl methyl sites for hydroxylation is 2. The average Bonchev–Trinajstić information content (AvgIpc) is 2.58. The van der Waals surface area contributed by atoms with E-state index in [2.05, 4.69) is 18.9 Å². The van der Waals surface area contributed by atoms with Crippen LogP contribution in [0.1, 0.15) is 20.1 Å². The van der Waals surface area contributed by atoms with E-state index in [1.807, 2.05) is 17.9 Å². The highest BCUT2D eigenvalue weighted by molar-refractivity contribution is 7.12. The van der Waals surface area contributed by atoms with Crippen molar-refractivity contribution in [2.45, 2.75) is 13.8 Å². The highest BCUT2D eigenvalue weighted by Crippen LogP contribution is 2.22. The van der Waals surface area contributed by atoms with Gasteiger partial charge >= 0.3 is 0 Å². The molecule has 16 heavy (non-hydrogen) atoms. The molecule has 0 saturated carbocycles. The number of hydrogen-bond acceptors (Lipinski definition) is 3. The normalized spacial score (nSPS) is 17.8. The Balaban J connectivity index is 2.10. The van der Waals surface area contributed by atoms with Gasteiger partial charge in [0.25, 0.3) is 5.91 Å². The van der Waals surface area contributed by atoms with Crippen molar-refractivity contribution < 1.29 is 4.79 Å². The Morgan fingerprint density at radius 2 is 1.88 bits per heavy atom. The van der Waals surface area contributed by atoms with Crippen LogP contribution in [0.4, 0.5) is 0 Å². The maximum Gasteiger partial charge on any atom is 0.255 e. The Morgan fingerprint density at radius 1 is 1.25 bits per heavy atom. The van der Waals surface area contributed by atoms with Gasteiger partial charge in [-0.15, -0.1) is 11.3 Å². The van der Waals surface area contributed by atoms with E-state index >= 15 is 0 Å². The number of likely N-dealkylation sites (N-methyl/N-ethyl adjacent to an activating group) is 1. The number of hydrogen-bond donors (Lipinski definition) is 0. The van der Waals surface area contributed by atoms with Crippen molar-refractivity contribution in [3.8, 4) is 0 Å². The SMILES string of the molecule is Cc1cc(C(=O)N2CCN(C)CC2)c(C)s1. The molecule has 88 valence electrons. The van der Waals surface area contributed by atoms with Crippen molar-refractivity contribution in [2.75, 3.05) is 33.2 Å². The summed E-state index contributed by atoms with van der Waals surface area (Å²) in [6.45, 7) is 7.74. The van der Waals surface area contributed by atoms with E-state index in [9.17, 15) is 4.79 Å². The fourth-order valence-corrected chi connectivity index (χ4v) is 2.94. The van der Waals surface area contributed by atoms with Crippen LogP contribution in [-0.4, -0.2) is 48.9 Å². The maximum absolute atomic E-state index is 12.3. The van der Waals surface area contributed by atoms with Gasteiger partial charge in [0.2, 0.25) is 0 Å². The molecule has 1 aromatic heterocycles. The molecule has 2 rings (SSSR count). The van der Waals surface area contributed by atoms with Gasteiger partial charge in [-0.05, 0) is 27.0 Å². The minimum Gasteiger partial charge on any atom is -0.336 e. The van der Waals surface area contributed by atoms with Crippen LogP contribution in [0.5, 0.6) is 0 Å². The summed E-state index contributed by atoms with van der Waals surface area (Å²) in [5, 5.41) is 0. The second-order valence-electron chi connectivity index (χ2n) is 4.42. The summed E-state index contributed by atoms with van der Waals surface area (Å²) in [5.74, 6) is 0.204. The number of piperazine rings is 1. The number of carbonyl (C=O) groups is 1. The molecule has 0 N–H and O–H groups in total. The Hall–Kier alpha value is -0.870. The fourth-order valence-electron chi connectivity index (χ4n) is 2.02. The summed E-state index contributed by atoms with van der Waals surface area (Å²) in [7, 11) is 2.10. The van der Waals surface area contributed by atoms with Crippen molar-refractivity contribution in [2.24, 2.45) is 0 Å². The molecule has 0 aliphatic carbocycles. The van der Waals surface area contributed by atoms with Gasteiger partial charge in [0.1, 0.15) is 0 Å². The summed E-state index contributed by atoms with van der Waals surface area (Å²) in [4.78, 5) is 18.8. The van der Waals surface area contributed by atoms with E-state index in [0.717, 1.165) is 36.6 Å². The van der Waals surface area contributed by atoms with Crippen LogP contribution in [0.3, 0.4) is 0 Å². The van der Waals surface area contributed by atoms with E-state index < -0.39 is 0 Å². The van der Waals surface area contributed by atoms with E-state index in [-0.39, 0.29) is 5.91 Å². The standard InChI is InChI=1S/C12H18N2OS/c1-9-8-11(10(2)16-9)12(15)14-6-4-13(3)5-7-14/h8H,4-7H2,1-3H3. The van der Waals surface area contributed by atoms with Gasteiger partial charge in [0.15, 0.2) is 0 Å². The summed E-state index contributed by atoms with van der Waals surface area (Å²) >= 11 is 1.70. The van der Waals surface area contributed by atoms with E-state index in [4.69, 9.17) is 0 Å². The lowest BCUT2D eigenvalue weighted by molar-refractivity contribution is 0.0664. The molecule has 1 amide bonds. The fraction of sp³-hybridized carbons (Fsp3) is 0.583. The molecule has 0 bridgehead atoms. The Morgan fingerprint density at radius 3 is 2.38 bits per heavy atom. The molecule has 0 atom stereocenters. The van der Waals surface area contributed by atoms with Crippen molar-refractivity contribution in [1.82, 2.24) is 9.80 Å². The molecule has 0 aromatic carbocycles. The first-order valence-electron chi connectivity index (χ1n) is 5.63. The van der Waals surface area contributed by atoms with Crippen LogP contribution < -0.4 is 0 Å². The van der Waals surface area contributed by atoms with Crippen LogP contribution in [0, 0.1) is 13.8 Å². The van der Waals surface area contributed by atoms with Gasteiger partial charge in [0, 0.05) is 35.9 Å². The molecule has 3 nitrogen and oxygen atoms in total. The lowest BCUT2D eigenvalue weighted by Crippen LogP contribution is -2.47. The number of amides is 1. The first kappa shape index (κ1) is 11.6. The summed E-state index contributed by atoms with van der Waals surface area (Å²) in [6, 6.07) is 2.01. The van der Waals surface area contributed by atoms with Crippen LogP contribution in [0.15, 0.2) is 6.07 Å². The second kappa shape index (κ2) is 4.55. The minimum atomic E-state index is 0.204. The van der Waals surface area contributed by atoms with Crippen LogP contribution >= 0.6 is 11.3 Å². The molecule has 0 radical (unpaired) electrons. The largest absolute Gasteiger partial charge is 0.336 e. The molecule has 0 spiro atoms. The van der Waals surface area contributed by atoms with Crippen LogP contribution in [0.25, 0.3) is 0 Å². The number of rotatable bonds is 1. The molecule has 1 aromatic rings. The van der Waals surface area contributed by atoms with E-state index in [0.29, 0.717) is 0 Å². The van der Waals surface area contributed by atoms with E-state index in [1.54, 1.807) is 11.3 Å². The summed E-state index contributed by atoms with van der Waals surface area (Å²) in [5.41, 5.74) is 0.895. The number of nitrogens with zero attached hydrogens (tertiary/aromatic N) is 2. The lowest BCUT2D eigenvalue weighted by atomic mass is 10.2. The highest BCUT2D eigenvalue weighted by Gasteiger charge is 2.22. The zero-order valence-corrected chi connectivity index (χ0v) is 10.9. The molecule has 1 fully saturated rings. The predicted octanol–water partition coefficient (Wildman–Crippen LogP) is 1.75. The minimum absolute atomic E-state index is 0.204. The Kier molecular flexibility index (Phi) is 3.30. The van der Waals surface area contributed by atoms with Crippen molar-refractivity contribution in [3.63, 3.8) is 0 Å². The number of thiophene rings is 1. The first-order valence-corrected chi connectivity index (χ1v) is 6.44. The van der Waals surface area contributed by atoms with E-state index in [1.165, 1.54) is 4.88 Å². The molecule has 2 heterocycles. The molecule has 1 aliphatic heterocycles. The van der Waals surface area contributed by atoms with Gasteiger partial charge in [-0.3, -0.25) is 4.79 Å². The first-order chi connectivity index (χ1) is 7.58. The van der Waals surface area contributed by atoms with Gasteiger partial charge in [-0.1, -0.05) is 0 Å². The third-order valence-corrected chi connectivity index (χ3v) is 4.03. The molecular weight excluding hydrogens is 220 g/mol. The van der Waals surface area contributed by atoms with Crippen LogP contribution in [-0.2, 0) is 0 Å².